The average Bonchev–Trinajstić information content (AvgIpc) is 2.86. The van der Waals surface area contributed by atoms with E-state index in [1.54, 1.807) is 0 Å². The predicted molar refractivity (Wildman–Crippen MR) is 114 cm³/mol. The molecule has 0 aliphatic heterocycles. The highest BCUT2D eigenvalue weighted by Gasteiger charge is 2.33. The standard InChI is InChI=1S/C25H25ClO/c1-4-17-5-10-20(22-12-11-21(26)13-15(22)2)14-23(17)24-16(3)18-6-8-19(9-7-18)25(24)27/h5-6,8,10-14,18-19H,4,7,9H2,1-3H3. The smallest absolute Gasteiger partial charge is 0.170 e. The van der Waals surface area contributed by atoms with Gasteiger partial charge in [0.25, 0.3) is 0 Å². The van der Waals surface area contributed by atoms with E-state index in [0.29, 0.717) is 11.7 Å². The molecule has 1 nitrogen and oxygen atoms in total. The summed E-state index contributed by atoms with van der Waals surface area (Å²) in [6.07, 6.45) is 7.35. The largest absolute Gasteiger partial charge is 0.293 e. The maximum atomic E-state index is 13.3. The van der Waals surface area contributed by atoms with Crippen molar-refractivity contribution >= 4 is 23.0 Å². The van der Waals surface area contributed by atoms with Crippen molar-refractivity contribution in [1.29, 1.82) is 0 Å². The van der Waals surface area contributed by atoms with Crippen molar-refractivity contribution in [2.45, 2.75) is 40.0 Å². The Morgan fingerprint density at radius 1 is 0.963 bits per heavy atom. The molecule has 27 heavy (non-hydrogen) atoms. The quantitative estimate of drug-likeness (QED) is 0.537. The summed E-state index contributed by atoms with van der Waals surface area (Å²) >= 11 is 6.14. The van der Waals surface area contributed by atoms with Crippen molar-refractivity contribution in [1.82, 2.24) is 0 Å². The zero-order chi connectivity index (χ0) is 19.1. The van der Waals surface area contributed by atoms with Crippen LogP contribution in [0.3, 0.4) is 0 Å². The molecule has 0 spiro atoms. The van der Waals surface area contributed by atoms with E-state index in [4.69, 9.17) is 11.6 Å². The average molecular weight is 377 g/mol. The summed E-state index contributed by atoms with van der Waals surface area (Å²) in [5.41, 5.74) is 8.02. The summed E-state index contributed by atoms with van der Waals surface area (Å²) < 4.78 is 0. The van der Waals surface area contributed by atoms with E-state index < -0.39 is 0 Å². The number of fused-ring (bicyclic) bond motifs is 2. The highest BCUT2D eigenvalue weighted by Crippen LogP contribution is 2.41. The summed E-state index contributed by atoms with van der Waals surface area (Å²) in [6.45, 7) is 6.39. The van der Waals surface area contributed by atoms with Gasteiger partial charge in [0, 0.05) is 16.5 Å². The fourth-order valence-corrected chi connectivity index (χ4v) is 4.77. The molecule has 2 aromatic rings. The van der Waals surface area contributed by atoms with Crippen molar-refractivity contribution < 1.29 is 4.79 Å². The molecule has 3 aliphatic carbocycles. The SMILES string of the molecule is CCc1ccc(-c2ccc(Cl)cc2C)cc1C1=C(C)C2C=CC(CC2)C1=O. The molecule has 0 heterocycles. The second kappa shape index (κ2) is 7.13. The van der Waals surface area contributed by atoms with Crippen LogP contribution in [0.5, 0.6) is 0 Å². The number of rotatable bonds is 3. The van der Waals surface area contributed by atoms with Crippen molar-refractivity contribution in [2.24, 2.45) is 11.8 Å². The molecule has 0 fully saturated rings. The monoisotopic (exact) mass is 376 g/mol. The predicted octanol–water partition coefficient (Wildman–Crippen LogP) is 6.82. The van der Waals surface area contributed by atoms with Crippen molar-refractivity contribution in [3.05, 3.63) is 75.8 Å². The van der Waals surface area contributed by atoms with Crippen molar-refractivity contribution in [2.75, 3.05) is 0 Å². The number of benzene rings is 2. The van der Waals surface area contributed by atoms with Gasteiger partial charge in [0.05, 0.1) is 0 Å². The minimum atomic E-state index is 0.0410. The Kier molecular flexibility index (Phi) is 4.82. The second-order valence-corrected chi connectivity index (χ2v) is 8.22. The Bertz CT molecular complexity index is 980. The van der Waals surface area contributed by atoms with E-state index in [2.05, 4.69) is 57.2 Å². The lowest BCUT2D eigenvalue weighted by Crippen LogP contribution is -2.14. The molecule has 0 amide bonds. The van der Waals surface area contributed by atoms with E-state index in [9.17, 15) is 4.79 Å². The molecule has 3 aliphatic rings. The van der Waals surface area contributed by atoms with Gasteiger partial charge in [0.1, 0.15) is 0 Å². The number of carbonyl (C=O) groups excluding carboxylic acids is 1. The van der Waals surface area contributed by atoms with E-state index in [-0.39, 0.29) is 5.92 Å². The molecule has 0 saturated carbocycles. The number of hydrogen-bond donors (Lipinski definition) is 0. The van der Waals surface area contributed by atoms with Gasteiger partial charge in [-0.15, -0.1) is 0 Å². The van der Waals surface area contributed by atoms with E-state index in [0.717, 1.165) is 46.5 Å². The molecule has 0 radical (unpaired) electrons. The molecule has 2 unspecified atom stereocenters. The fraction of sp³-hybridized carbons (Fsp3) is 0.320. The summed E-state index contributed by atoms with van der Waals surface area (Å²) in [5.74, 6) is 0.732. The van der Waals surface area contributed by atoms with Gasteiger partial charge in [0.2, 0.25) is 0 Å². The van der Waals surface area contributed by atoms with Gasteiger partial charge in [0.15, 0.2) is 5.78 Å². The molecular formula is C25H25ClO. The number of Topliss-reactive ketones (excluding diaryl/α,β-unsaturated/α-hetero) is 1. The van der Waals surface area contributed by atoms with E-state index >= 15 is 0 Å². The van der Waals surface area contributed by atoms with E-state index in [1.165, 1.54) is 16.7 Å². The third-order valence-corrected chi connectivity index (χ3v) is 6.39. The lowest BCUT2D eigenvalue weighted by molar-refractivity contribution is -0.116. The lowest BCUT2D eigenvalue weighted by Gasteiger charge is -2.18. The Labute approximate surface area is 166 Å². The molecule has 2 bridgehead atoms. The molecule has 0 N–H and O–H groups in total. The highest BCUT2D eigenvalue weighted by molar-refractivity contribution is 6.30. The summed E-state index contributed by atoms with van der Waals surface area (Å²) in [4.78, 5) is 13.3. The first-order chi connectivity index (χ1) is 13.0. The minimum absolute atomic E-state index is 0.0410. The van der Waals surface area contributed by atoms with Crippen LogP contribution in [0.4, 0.5) is 0 Å². The zero-order valence-corrected chi connectivity index (χ0v) is 16.9. The Balaban J connectivity index is 1.90. The van der Waals surface area contributed by atoms with Crippen LogP contribution in [0.25, 0.3) is 16.7 Å². The summed E-state index contributed by atoms with van der Waals surface area (Å²) in [5, 5.41) is 0.752. The second-order valence-electron chi connectivity index (χ2n) is 7.78. The lowest BCUT2D eigenvalue weighted by atomic mass is 9.86. The molecule has 2 atom stereocenters. The molecule has 138 valence electrons. The van der Waals surface area contributed by atoms with E-state index in [1.807, 2.05) is 12.1 Å². The first kappa shape index (κ1) is 18.3. The zero-order valence-electron chi connectivity index (χ0n) is 16.2. The maximum Gasteiger partial charge on any atom is 0.170 e. The van der Waals surface area contributed by atoms with Gasteiger partial charge in [-0.2, -0.15) is 0 Å². The van der Waals surface area contributed by atoms with Gasteiger partial charge >= 0.3 is 0 Å². The van der Waals surface area contributed by atoms with Crippen LogP contribution in [0.1, 0.15) is 43.4 Å². The topological polar surface area (TPSA) is 17.1 Å². The Morgan fingerprint density at radius 2 is 1.70 bits per heavy atom. The number of hydrogen-bond acceptors (Lipinski definition) is 1. The maximum absolute atomic E-state index is 13.3. The molecule has 0 aromatic heterocycles. The fourth-order valence-electron chi connectivity index (χ4n) is 4.55. The Hall–Kier alpha value is -2.12. The number of carbonyl (C=O) groups is 1. The van der Waals surface area contributed by atoms with Crippen LogP contribution in [-0.4, -0.2) is 5.78 Å². The highest BCUT2D eigenvalue weighted by atomic mass is 35.5. The van der Waals surface area contributed by atoms with Gasteiger partial charge in [-0.25, -0.2) is 0 Å². The van der Waals surface area contributed by atoms with Crippen LogP contribution in [0, 0.1) is 18.8 Å². The summed E-state index contributed by atoms with van der Waals surface area (Å²) in [6, 6.07) is 12.6. The van der Waals surface area contributed by atoms with Crippen LogP contribution < -0.4 is 0 Å². The van der Waals surface area contributed by atoms with Gasteiger partial charge in [-0.05, 0) is 85.0 Å². The normalized spacial score (nSPS) is 21.7. The van der Waals surface area contributed by atoms with Crippen LogP contribution >= 0.6 is 11.6 Å². The first-order valence-electron chi connectivity index (χ1n) is 9.82. The van der Waals surface area contributed by atoms with Gasteiger partial charge < -0.3 is 0 Å². The molecule has 2 aromatic carbocycles. The van der Waals surface area contributed by atoms with Gasteiger partial charge in [-0.3, -0.25) is 4.79 Å². The molecular weight excluding hydrogens is 352 g/mol. The number of ketones is 1. The van der Waals surface area contributed by atoms with Crippen LogP contribution in [-0.2, 0) is 11.2 Å². The summed E-state index contributed by atoms with van der Waals surface area (Å²) in [7, 11) is 0. The minimum Gasteiger partial charge on any atom is -0.293 e. The molecule has 0 saturated heterocycles. The number of aryl methyl sites for hydroxylation is 2. The van der Waals surface area contributed by atoms with Crippen LogP contribution in [0.2, 0.25) is 5.02 Å². The molecule has 2 heteroatoms. The molecule has 5 rings (SSSR count). The Morgan fingerprint density at radius 3 is 2.37 bits per heavy atom. The number of halogens is 1. The third kappa shape index (κ3) is 3.19. The first-order valence-corrected chi connectivity index (χ1v) is 10.2. The van der Waals surface area contributed by atoms with Gasteiger partial charge in [-0.1, -0.05) is 54.4 Å². The van der Waals surface area contributed by atoms with Crippen molar-refractivity contribution in [3.63, 3.8) is 0 Å². The third-order valence-electron chi connectivity index (χ3n) is 6.16. The number of allylic oxidation sites excluding steroid dienone is 4. The van der Waals surface area contributed by atoms with Crippen molar-refractivity contribution in [3.8, 4) is 11.1 Å². The van der Waals surface area contributed by atoms with Crippen LogP contribution in [0.15, 0.2) is 54.1 Å².